The molecule has 3 rings (SSSR count). The van der Waals surface area contributed by atoms with Crippen LogP contribution in [0.2, 0.25) is 0 Å². The highest BCUT2D eigenvalue weighted by molar-refractivity contribution is 5.92. The molecule has 1 fully saturated rings. The molecule has 2 amide bonds. The molecule has 0 saturated carbocycles. The van der Waals surface area contributed by atoms with E-state index in [0.29, 0.717) is 44.4 Å². The maximum atomic E-state index is 13.3. The number of hydrogen-bond acceptors (Lipinski definition) is 7. The molecule has 0 unspecified atom stereocenters. The minimum absolute atomic E-state index is 0.0961. The third kappa shape index (κ3) is 4.76. The Hall–Kier alpha value is -3.23. The molecule has 0 spiro atoms. The maximum Gasteiger partial charge on any atom is 0.325 e. The van der Waals surface area contributed by atoms with Crippen LogP contribution in [-0.2, 0) is 0 Å². The van der Waals surface area contributed by atoms with Crippen LogP contribution in [-0.4, -0.2) is 75.0 Å². The SMILES string of the molecule is CCN(C(=O)N1CCN(c2cc(OC)cc(OC)c2)CC1)c1nc(C)c(C)nc1OC. The summed E-state index contributed by atoms with van der Waals surface area (Å²) >= 11 is 0. The molecule has 0 bridgehead atoms. The molecule has 1 aliphatic rings. The van der Waals surface area contributed by atoms with E-state index in [1.165, 1.54) is 0 Å². The van der Waals surface area contributed by atoms with Gasteiger partial charge in [-0.3, -0.25) is 4.90 Å². The number of aryl methyl sites for hydroxylation is 2. The molecule has 1 aliphatic heterocycles. The van der Waals surface area contributed by atoms with Gasteiger partial charge in [0.2, 0.25) is 5.82 Å². The van der Waals surface area contributed by atoms with Crippen LogP contribution in [0.1, 0.15) is 18.3 Å². The molecule has 0 aliphatic carbocycles. The minimum atomic E-state index is -0.0961. The summed E-state index contributed by atoms with van der Waals surface area (Å²) in [6.07, 6.45) is 0. The number of aromatic nitrogens is 2. The van der Waals surface area contributed by atoms with Crippen molar-refractivity contribution in [1.82, 2.24) is 14.9 Å². The highest BCUT2D eigenvalue weighted by Crippen LogP contribution is 2.30. The molecule has 0 radical (unpaired) electrons. The molecule has 168 valence electrons. The summed E-state index contributed by atoms with van der Waals surface area (Å²) in [5.74, 6) is 2.30. The number of carbonyl (C=O) groups is 1. The van der Waals surface area contributed by atoms with Gasteiger partial charge in [-0.15, -0.1) is 0 Å². The van der Waals surface area contributed by atoms with E-state index < -0.39 is 0 Å². The second kappa shape index (κ2) is 9.72. The molecule has 2 heterocycles. The Morgan fingerprint density at radius 3 is 2.03 bits per heavy atom. The fourth-order valence-corrected chi connectivity index (χ4v) is 3.56. The Balaban J connectivity index is 1.74. The van der Waals surface area contributed by atoms with Gasteiger partial charge in [0.05, 0.1) is 32.7 Å². The lowest BCUT2D eigenvalue weighted by Crippen LogP contribution is -2.53. The van der Waals surface area contributed by atoms with Crippen LogP contribution in [0, 0.1) is 13.8 Å². The highest BCUT2D eigenvalue weighted by Gasteiger charge is 2.29. The highest BCUT2D eigenvalue weighted by atomic mass is 16.5. The zero-order chi connectivity index (χ0) is 22.5. The van der Waals surface area contributed by atoms with Gasteiger partial charge >= 0.3 is 6.03 Å². The first-order chi connectivity index (χ1) is 14.9. The topological polar surface area (TPSA) is 80.3 Å². The van der Waals surface area contributed by atoms with E-state index in [1.54, 1.807) is 26.2 Å². The summed E-state index contributed by atoms with van der Waals surface area (Å²) in [6.45, 7) is 8.74. The summed E-state index contributed by atoms with van der Waals surface area (Å²) < 4.78 is 16.2. The van der Waals surface area contributed by atoms with Gasteiger partial charge in [0.15, 0.2) is 0 Å². The Labute approximate surface area is 183 Å². The summed E-state index contributed by atoms with van der Waals surface area (Å²) in [5.41, 5.74) is 2.57. The van der Waals surface area contributed by atoms with Crippen LogP contribution in [0.3, 0.4) is 0 Å². The van der Waals surface area contributed by atoms with Crippen LogP contribution in [0.25, 0.3) is 0 Å². The van der Waals surface area contributed by atoms with Gasteiger partial charge in [0.25, 0.3) is 5.88 Å². The standard InChI is InChI=1S/C22H31N5O4/c1-7-27(20-21(31-6)24-16(3)15(2)23-20)22(28)26-10-8-25(9-11-26)17-12-18(29-4)14-19(13-17)30-5/h12-14H,7-11H2,1-6H3. The third-order valence-corrected chi connectivity index (χ3v) is 5.51. The van der Waals surface area contributed by atoms with Crippen molar-refractivity contribution in [2.24, 2.45) is 0 Å². The van der Waals surface area contributed by atoms with Gasteiger partial charge in [0, 0.05) is 56.6 Å². The molecule has 0 atom stereocenters. The molecule has 1 aromatic heterocycles. The van der Waals surface area contributed by atoms with Crippen LogP contribution in [0.15, 0.2) is 18.2 Å². The van der Waals surface area contributed by atoms with Crippen molar-refractivity contribution in [3.8, 4) is 17.4 Å². The number of hydrogen-bond donors (Lipinski definition) is 0. The zero-order valence-electron chi connectivity index (χ0n) is 19.1. The Morgan fingerprint density at radius 1 is 0.935 bits per heavy atom. The first-order valence-electron chi connectivity index (χ1n) is 10.4. The lowest BCUT2D eigenvalue weighted by molar-refractivity contribution is 0.201. The smallest absolute Gasteiger partial charge is 0.325 e. The molecule has 1 aromatic carbocycles. The first kappa shape index (κ1) is 22.5. The molecule has 0 N–H and O–H groups in total. The lowest BCUT2D eigenvalue weighted by Gasteiger charge is -2.38. The lowest BCUT2D eigenvalue weighted by atomic mass is 10.2. The number of piperazine rings is 1. The predicted molar refractivity (Wildman–Crippen MR) is 120 cm³/mol. The number of amides is 2. The molecular weight excluding hydrogens is 398 g/mol. The number of carbonyl (C=O) groups excluding carboxylic acids is 1. The maximum absolute atomic E-state index is 13.3. The monoisotopic (exact) mass is 429 g/mol. The first-order valence-corrected chi connectivity index (χ1v) is 10.4. The van der Waals surface area contributed by atoms with Crippen molar-refractivity contribution < 1.29 is 19.0 Å². The number of rotatable bonds is 6. The Bertz CT molecular complexity index is 906. The van der Waals surface area contributed by atoms with E-state index in [0.717, 1.165) is 28.6 Å². The van der Waals surface area contributed by atoms with Gasteiger partial charge in [-0.2, -0.15) is 0 Å². The Kier molecular flexibility index (Phi) is 7.04. The summed E-state index contributed by atoms with van der Waals surface area (Å²) in [6, 6.07) is 5.71. The average Bonchev–Trinajstić information content (AvgIpc) is 2.81. The summed E-state index contributed by atoms with van der Waals surface area (Å²) in [7, 11) is 4.82. The average molecular weight is 430 g/mol. The van der Waals surface area contributed by atoms with E-state index >= 15 is 0 Å². The number of anilines is 2. The second-order valence-corrected chi connectivity index (χ2v) is 7.30. The quantitative estimate of drug-likeness (QED) is 0.698. The van der Waals surface area contributed by atoms with Gasteiger partial charge in [-0.25, -0.2) is 14.8 Å². The molecule has 9 heteroatoms. The summed E-state index contributed by atoms with van der Waals surface area (Å²) in [5, 5.41) is 0. The largest absolute Gasteiger partial charge is 0.497 e. The van der Waals surface area contributed by atoms with E-state index in [2.05, 4.69) is 14.9 Å². The van der Waals surface area contributed by atoms with Gasteiger partial charge < -0.3 is 24.0 Å². The molecular formula is C22H31N5O4. The molecule has 2 aromatic rings. The number of benzene rings is 1. The van der Waals surface area contributed by atoms with E-state index in [1.807, 2.05) is 43.9 Å². The number of ether oxygens (including phenoxy) is 3. The van der Waals surface area contributed by atoms with Crippen molar-refractivity contribution in [3.05, 3.63) is 29.6 Å². The Morgan fingerprint density at radius 2 is 1.52 bits per heavy atom. The van der Waals surface area contributed by atoms with Gasteiger partial charge in [-0.05, 0) is 20.8 Å². The number of methoxy groups -OCH3 is 3. The van der Waals surface area contributed by atoms with Crippen LogP contribution < -0.4 is 24.0 Å². The predicted octanol–water partition coefficient (Wildman–Crippen LogP) is 2.89. The number of urea groups is 1. The van der Waals surface area contributed by atoms with E-state index in [4.69, 9.17) is 14.2 Å². The molecule has 31 heavy (non-hydrogen) atoms. The fraction of sp³-hybridized carbons (Fsp3) is 0.500. The van der Waals surface area contributed by atoms with Gasteiger partial charge in [0.1, 0.15) is 11.5 Å². The van der Waals surface area contributed by atoms with Crippen LogP contribution in [0.4, 0.5) is 16.3 Å². The molecule has 1 saturated heterocycles. The van der Waals surface area contributed by atoms with Crippen molar-refractivity contribution in [3.63, 3.8) is 0 Å². The van der Waals surface area contributed by atoms with Gasteiger partial charge in [-0.1, -0.05) is 0 Å². The number of nitrogens with zero attached hydrogens (tertiary/aromatic N) is 5. The third-order valence-electron chi connectivity index (χ3n) is 5.51. The molecule has 9 nitrogen and oxygen atoms in total. The van der Waals surface area contributed by atoms with Crippen molar-refractivity contribution in [1.29, 1.82) is 0 Å². The van der Waals surface area contributed by atoms with Crippen LogP contribution >= 0.6 is 0 Å². The van der Waals surface area contributed by atoms with Crippen molar-refractivity contribution in [2.45, 2.75) is 20.8 Å². The summed E-state index contributed by atoms with van der Waals surface area (Å²) in [4.78, 5) is 28.0. The zero-order valence-corrected chi connectivity index (χ0v) is 19.1. The van der Waals surface area contributed by atoms with Crippen molar-refractivity contribution >= 4 is 17.5 Å². The van der Waals surface area contributed by atoms with Crippen LogP contribution in [0.5, 0.6) is 17.4 Å². The van der Waals surface area contributed by atoms with E-state index in [-0.39, 0.29) is 6.03 Å². The van der Waals surface area contributed by atoms with E-state index in [9.17, 15) is 4.79 Å². The minimum Gasteiger partial charge on any atom is -0.497 e. The fourth-order valence-electron chi connectivity index (χ4n) is 3.56. The van der Waals surface area contributed by atoms with Crippen molar-refractivity contribution in [2.75, 3.05) is 63.9 Å². The second-order valence-electron chi connectivity index (χ2n) is 7.30. The normalized spacial score (nSPS) is 13.7.